The van der Waals surface area contributed by atoms with Crippen LogP contribution in [0.3, 0.4) is 0 Å². The largest absolute Gasteiger partial charge is 0.368 e. The fourth-order valence-electron chi connectivity index (χ4n) is 0.663. The predicted octanol–water partition coefficient (Wildman–Crippen LogP) is 1.99. The van der Waals surface area contributed by atoms with Crippen molar-refractivity contribution < 1.29 is 52.4 Å². The van der Waals surface area contributed by atoms with Gasteiger partial charge in [-0.2, -0.15) is 0 Å². The van der Waals surface area contributed by atoms with Gasteiger partial charge in [0.1, 0.15) is 0 Å². The molecule has 4 nitrogen and oxygen atoms in total. The monoisotopic (exact) mass is 325 g/mol. The first kappa shape index (κ1) is 23.1. The van der Waals surface area contributed by atoms with Crippen LogP contribution in [-0.4, -0.2) is 36.0 Å². The third-order valence-corrected chi connectivity index (χ3v) is 1.34. The summed E-state index contributed by atoms with van der Waals surface area (Å²) in [5, 5.41) is 17.2. The van der Waals surface area contributed by atoms with Crippen molar-refractivity contribution in [3.8, 4) is 0 Å². The number of hydrogen-bond donors (Lipinski definition) is 2. The molecule has 0 bridgehead atoms. The zero-order valence-corrected chi connectivity index (χ0v) is 14.9. The second-order valence-corrected chi connectivity index (χ2v) is 4.65. The topological polar surface area (TPSA) is 58.9 Å². The molecule has 0 spiro atoms. The van der Waals surface area contributed by atoms with Crippen LogP contribution in [0.1, 0.15) is 41.5 Å². The Morgan fingerprint density at radius 3 is 1.00 bits per heavy atom. The van der Waals surface area contributed by atoms with Crippen LogP contribution in [-0.2, 0) is 42.2 Å². The van der Waals surface area contributed by atoms with E-state index in [4.69, 9.17) is 19.7 Å². The summed E-state index contributed by atoms with van der Waals surface area (Å²) < 4.78 is 9.72. The maximum Gasteiger partial charge on any atom is 0.151 e. The molecular formula is C12H28O4Y. The summed E-state index contributed by atoms with van der Waals surface area (Å²) in [4.78, 5) is 0. The van der Waals surface area contributed by atoms with E-state index in [0.717, 1.165) is 0 Å². The molecule has 2 unspecified atom stereocenters. The number of aliphatic hydroxyl groups is 2. The zero-order valence-electron chi connectivity index (χ0n) is 12.0. The summed E-state index contributed by atoms with van der Waals surface area (Å²) in [6.07, 6.45) is -1.23. The molecule has 17 heavy (non-hydrogen) atoms. The minimum atomic E-state index is -0.614. The molecule has 0 aromatic carbocycles. The number of hydrogen-bond acceptors (Lipinski definition) is 4. The van der Waals surface area contributed by atoms with Crippen molar-refractivity contribution in [3.05, 3.63) is 0 Å². The number of rotatable bonds is 6. The minimum absolute atomic E-state index is 0. The molecule has 103 valence electrons. The van der Waals surface area contributed by atoms with E-state index in [2.05, 4.69) is 0 Å². The standard InChI is InChI=1S/2C6H14O2.Y/c2*1-5(2)4-8-6(3)7;/h2*5-7H,4H2,1-3H3;. The molecule has 0 amide bonds. The zero-order chi connectivity index (χ0) is 13.1. The molecule has 0 aromatic rings. The Balaban J connectivity index is -0.000000218. The van der Waals surface area contributed by atoms with Gasteiger partial charge in [-0.25, -0.2) is 0 Å². The summed E-state index contributed by atoms with van der Waals surface area (Å²) >= 11 is 0. The van der Waals surface area contributed by atoms with Crippen molar-refractivity contribution in [2.45, 2.75) is 54.1 Å². The van der Waals surface area contributed by atoms with Gasteiger partial charge in [0.15, 0.2) is 12.6 Å². The van der Waals surface area contributed by atoms with Gasteiger partial charge in [0.25, 0.3) is 0 Å². The Labute approximate surface area is 131 Å². The normalized spacial score (nSPS) is 13.8. The van der Waals surface area contributed by atoms with Crippen molar-refractivity contribution in [1.82, 2.24) is 0 Å². The van der Waals surface area contributed by atoms with E-state index in [1.165, 1.54) is 0 Å². The first-order chi connectivity index (χ1) is 7.25. The molecule has 2 N–H and O–H groups in total. The molecule has 2 atom stereocenters. The Morgan fingerprint density at radius 2 is 0.941 bits per heavy atom. The fraction of sp³-hybridized carbons (Fsp3) is 1.00. The van der Waals surface area contributed by atoms with Crippen LogP contribution in [0.15, 0.2) is 0 Å². The molecule has 0 saturated carbocycles. The van der Waals surface area contributed by atoms with E-state index in [-0.39, 0.29) is 32.7 Å². The quantitative estimate of drug-likeness (QED) is 0.734. The van der Waals surface area contributed by atoms with Crippen LogP contribution in [0.25, 0.3) is 0 Å². The number of aliphatic hydroxyl groups excluding tert-OH is 2. The molecule has 0 rings (SSSR count). The van der Waals surface area contributed by atoms with Gasteiger partial charge in [-0.3, -0.25) is 0 Å². The third-order valence-electron chi connectivity index (χ3n) is 1.34. The van der Waals surface area contributed by atoms with Gasteiger partial charge in [0, 0.05) is 32.7 Å². The van der Waals surface area contributed by atoms with E-state index in [1.807, 2.05) is 27.7 Å². The smallest absolute Gasteiger partial charge is 0.151 e. The van der Waals surface area contributed by atoms with E-state index in [9.17, 15) is 0 Å². The molecule has 0 aliphatic heterocycles. The molecule has 0 saturated heterocycles. The summed E-state index contributed by atoms with van der Waals surface area (Å²) in [7, 11) is 0. The van der Waals surface area contributed by atoms with Crippen molar-refractivity contribution in [1.29, 1.82) is 0 Å². The van der Waals surface area contributed by atoms with Gasteiger partial charge in [-0.1, -0.05) is 27.7 Å². The van der Waals surface area contributed by atoms with Crippen molar-refractivity contribution in [2.75, 3.05) is 13.2 Å². The van der Waals surface area contributed by atoms with Crippen molar-refractivity contribution in [2.24, 2.45) is 11.8 Å². The molecule has 0 fully saturated rings. The van der Waals surface area contributed by atoms with Crippen LogP contribution in [0, 0.1) is 11.8 Å². The second kappa shape index (κ2) is 15.0. The first-order valence-electron chi connectivity index (χ1n) is 5.85. The molecule has 0 heterocycles. The first-order valence-corrected chi connectivity index (χ1v) is 5.85. The average Bonchev–Trinajstić information content (AvgIpc) is 2.12. The Morgan fingerprint density at radius 1 is 0.706 bits per heavy atom. The SMILES string of the molecule is CC(C)COC(C)O.CC(C)COC(C)O.[Y]. The molecule has 1 radical (unpaired) electrons. The third kappa shape index (κ3) is 31.6. The van der Waals surface area contributed by atoms with Gasteiger partial charge < -0.3 is 19.7 Å². The van der Waals surface area contributed by atoms with Crippen molar-refractivity contribution >= 4 is 0 Å². The summed E-state index contributed by atoms with van der Waals surface area (Å²) in [6, 6.07) is 0. The molecule has 0 aromatic heterocycles. The van der Waals surface area contributed by atoms with E-state index in [1.54, 1.807) is 13.8 Å². The van der Waals surface area contributed by atoms with E-state index in [0.29, 0.717) is 25.0 Å². The van der Waals surface area contributed by atoms with Gasteiger partial charge in [-0.05, 0) is 25.7 Å². The minimum Gasteiger partial charge on any atom is -0.368 e. The molecule has 0 aliphatic carbocycles. The average molecular weight is 325 g/mol. The fourth-order valence-corrected chi connectivity index (χ4v) is 0.663. The molecule has 5 heteroatoms. The number of ether oxygens (including phenoxy) is 2. The predicted molar refractivity (Wildman–Crippen MR) is 64.9 cm³/mol. The van der Waals surface area contributed by atoms with Gasteiger partial charge in [-0.15, -0.1) is 0 Å². The summed E-state index contributed by atoms with van der Waals surface area (Å²) in [5.41, 5.74) is 0. The van der Waals surface area contributed by atoms with E-state index < -0.39 is 12.6 Å². The van der Waals surface area contributed by atoms with Crippen LogP contribution in [0.5, 0.6) is 0 Å². The Hall–Kier alpha value is 0.944. The van der Waals surface area contributed by atoms with Crippen molar-refractivity contribution in [3.63, 3.8) is 0 Å². The molecule has 0 aliphatic rings. The Kier molecular flexibility index (Phi) is 20.4. The molecular weight excluding hydrogens is 297 g/mol. The van der Waals surface area contributed by atoms with Crippen LogP contribution in [0.4, 0.5) is 0 Å². The maximum absolute atomic E-state index is 8.58. The van der Waals surface area contributed by atoms with Gasteiger partial charge in [0.05, 0.1) is 13.2 Å². The van der Waals surface area contributed by atoms with E-state index >= 15 is 0 Å². The summed E-state index contributed by atoms with van der Waals surface area (Å²) in [6.45, 7) is 12.7. The van der Waals surface area contributed by atoms with Crippen LogP contribution in [0.2, 0.25) is 0 Å². The van der Waals surface area contributed by atoms with Gasteiger partial charge >= 0.3 is 0 Å². The van der Waals surface area contributed by atoms with Gasteiger partial charge in [0.2, 0.25) is 0 Å². The maximum atomic E-state index is 8.58. The van der Waals surface area contributed by atoms with Crippen LogP contribution < -0.4 is 0 Å². The van der Waals surface area contributed by atoms with Crippen LogP contribution >= 0.6 is 0 Å². The summed E-state index contributed by atoms with van der Waals surface area (Å²) in [5.74, 6) is 1.01. The second-order valence-electron chi connectivity index (χ2n) is 4.65. The Bertz CT molecular complexity index is 106.